The summed E-state index contributed by atoms with van der Waals surface area (Å²) in [6, 6.07) is 0. The van der Waals surface area contributed by atoms with Crippen LogP contribution in [0.4, 0.5) is 0 Å². The van der Waals surface area contributed by atoms with Gasteiger partial charge in [-0.1, -0.05) is 0 Å². The third-order valence-electron chi connectivity index (χ3n) is 0.272. The Hall–Kier alpha value is 0.0300. The maximum Gasteiger partial charge on any atom is 0.304 e. The van der Waals surface area contributed by atoms with E-state index in [9.17, 15) is 4.21 Å². The Morgan fingerprint density at radius 1 is 1.44 bits per heavy atom. The molecule has 0 amide bonds. The molecule has 9 heavy (non-hydrogen) atoms. The van der Waals surface area contributed by atoms with Gasteiger partial charge in [0.2, 0.25) is 0 Å². The van der Waals surface area contributed by atoms with E-state index in [-0.39, 0.29) is 6.61 Å². The Bertz CT molecular complexity index is 59.6. The number of rotatable bonds is 2. The number of hydrogen-bond acceptors (Lipinski definition) is 4. The molecule has 0 atom stereocenters. The smallest absolute Gasteiger partial charge is 0.304 e. The fraction of sp³-hybridized carbons (Fsp3) is 1.00. The third kappa shape index (κ3) is 18.0. The van der Waals surface area contributed by atoms with Crippen molar-refractivity contribution in [1.29, 1.82) is 0 Å². The van der Waals surface area contributed by atoms with Gasteiger partial charge in [-0.05, 0) is 6.92 Å². The molecule has 1 N–H and O–H groups in total. The molecule has 0 spiro atoms. The highest BCUT2D eigenvalue weighted by atomic mass is 32.2. The first kappa shape index (κ1) is 11.8. The van der Waals surface area contributed by atoms with Crippen molar-refractivity contribution in [3.63, 3.8) is 0 Å². The number of hydrogen-bond donors (Lipinski definition) is 1. The lowest BCUT2D eigenvalue weighted by atomic mass is 10.9. The van der Waals surface area contributed by atoms with Crippen molar-refractivity contribution in [3.05, 3.63) is 0 Å². The summed E-state index contributed by atoms with van der Waals surface area (Å²) in [5.74, 6) is 0. The van der Waals surface area contributed by atoms with Gasteiger partial charge in [0.15, 0.2) is 0 Å². The summed E-state index contributed by atoms with van der Waals surface area (Å²) in [4.78, 5) is 0. The summed E-state index contributed by atoms with van der Waals surface area (Å²) in [5, 5.41) is 7.57. The van der Waals surface area contributed by atoms with Crippen molar-refractivity contribution >= 4 is 11.4 Å². The van der Waals surface area contributed by atoms with Gasteiger partial charge in [0.1, 0.15) is 0 Å². The van der Waals surface area contributed by atoms with Gasteiger partial charge >= 0.3 is 11.4 Å². The van der Waals surface area contributed by atoms with Gasteiger partial charge in [-0.25, -0.2) is 0 Å². The summed E-state index contributed by atoms with van der Waals surface area (Å²) >= 11 is -1.53. The standard InChI is InChI=1S/C2H6O3S.C2H6O/c1-4-6(3)5-2;1-2-3/h1-2H3;3H,2H2,1H3. The summed E-state index contributed by atoms with van der Waals surface area (Å²) in [6.45, 7) is 1.93. The van der Waals surface area contributed by atoms with Gasteiger partial charge in [-0.2, -0.15) is 4.21 Å². The molecule has 0 heterocycles. The maximum atomic E-state index is 9.85. The summed E-state index contributed by atoms with van der Waals surface area (Å²) in [7, 11) is 2.61. The molecule has 4 nitrogen and oxygen atoms in total. The predicted octanol–water partition coefficient (Wildman–Crippen LogP) is -0.143. The minimum Gasteiger partial charge on any atom is -0.397 e. The van der Waals surface area contributed by atoms with Gasteiger partial charge in [0.05, 0.1) is 14.2 Å². The molecular weight excluding hydrogens is 144 g/mol. The van der Waals surface area contributed by atoms with Crippen LogP contribution in [0, 0.1) is 0 Å². The Morgan fingerprint density at radius 2 is 1.67 bits per heavy atom. The molecule has 0 fully saturated rings. The quantitative estimate of drug-likeness (QED) is 0.604. The van der Waals surface area contributed by atoms with E-state index in [0.717, 1.165) is 0 Å². The summed E-state index contributed by atoms with van der Waals surface area (Å²) < 4.78 is 18.1. The molecule has 0 aromatic rings. The van der Waals surface area contributed by atoms with Crippen LogP contribution in [0.1, 0.15) is 6.92 Å². The molecule has 58 valence electrons. The van der Waals surface area contributed by atoms with Crippen molar-refractivity contribution in [3.8, 4) is 0 Å². The van der Waals surface area contributed by atoms with Gasteiger partial charge < -0.3 is 5.11 Å². The molecule has 0 aliphatic rings. The average molecular weight is 156 g/mol. The maximum absolute atomic E-state index is 9.85. The molecule has 0 bridgehead atoms. The molecule has 0 aliphatic heterocycles. The van der Waals surface area contributed by atoms with Gasteiger partial charge in [0.25, 0.3) is 0 Å². The molecule has 0 rings (SSSR count). The first-order valence-corrected chi connectivity index (χ1v) is 3.34. The molecule has 0 saturated carbocycles. The zero-order valence-corrected chi connectivity index (χ0v) is 6.60. The van der Waals surface area contributed by atoms with Crippen LogP contribution in [0.2, 0.25) is 0 Å². The number of aliphatic hydroxyl groups is 1. The largest absolute Gasteiger partial charge is 0.397 e. The van der Waals surface area contributed by atoms with E-state index in [1.54, 1.807) is 6.92 Å². The van der Waals surface area contributed by atoms with Crippen LogP contribution in [0.15, 0.2) is 0 Å². The fourth-order valence-corrected chi connectivity index (χ4v) is 0.204. The molecule has 0 saturated heterocycles. The van der Waals surface area contributed by atoms with Crippen LogP contribution < -0.4 is 0 Å². The minimum atomic E-state index is -1.53. The van der Waals surface area contributed by atoms with Crippen molar-refractivity contribution < 1.29 is 17.7 Å². The fourth-order valence-electron chi connectivity index (χ4n) is 0.0680. The average Bonchev–Trinajstić information content (AvgIpc) is 1.88. The lowest BCUT2D eigenvalue weighted by molar-refractivity contribution is 0.318. The van der Waals surface area contributed by atoms with Crippen molar-refractivity contribution in [1.82, 2.24) is 0 Å². The first-order chi connectivity index (χ1) is 4.22. The predicted molar refractivity (Wildman–Crippen MR) is 34.9 cm³/mol. The van der Waals surface area contributed by atoms with Crippen molar-refractivity contribution in [2.24, 2.45) is 0 Å². The second-order valence-electron chi connectivity index (χ2n) is 0.854. The lowest BCUT2D eigenvalue weighted by Gasteiger charge is -1.86. The van der Waals surface area contributed by atoms with Crippen LogP contribution in [-0.4, -0.2) is 30.1 Å². The summed E-state index contributed by atoms with van der Waals surface area (Å²) in [6.07, 6.45) is 0. The van der Waals surface area contributed by atoms with Crippen molar-refractivity contribution in [2.45, 2.75) is 6.92 Å². The van der Waals surface area contributed by atoms with Gasteiger partial charge in [-0.3, -0.25) is 8.37 Å². The lowest BCUT2D eigenvalue weighted by Crippen LogP contribution is -1.91. The SMILES string of the molecule is CCO.COS(=O)OC. The zero-order chi connectivity index (χ0) is 7.70. The van der Waals surface area contributed by atoms with Crippen molar-refractivity contribution in [2.75, 3.05) is 20.8 Å². The zero-order valence-electron chi connectivity index (χ0n) is 5.79. The topological polar surface area (TPSA) is 55.8 Å². The van der Waals surface area contributed by atoms with Crippen LogP contribution in [0.3, 0.4) is 0 Å². The normalized spacial score (nSPS) is 8.56. The van der Waals surface area contributed by atoms with Crippen LogP contribution in [0.5, 0.6) is 0 Å². The summed E-state index contributed by atoms with van der Waals surface area (Å²) in [5.41, 5.74) is 0. The van der Waals surface area contributed by atoms with Crippen LogP contribution in [0.25, 0.3) is 0 Å². The molecule has 0 aromatic heterocycles. The minimum absolute atomic E-state index is 0.250. The van der Waals surface area contributed by atoms with E-state index in [1.807, 2.05) is 0 Å². The van der Waals surface area contributed by atoms with Crippen LogP contribution >= 0.6 is 0 Å². The first-order valence-electron chi connectivity index (χ1n) is 2.34. The van der Waals surface area contributed by atoms with Gasteiger partial charge in [-0.15, -0.1) is 0 Å². The third-order valence-corrected chi connectivity index (χ3v) is 0.816. The monoisotopic (exact) mass is 156 g/mol. The Kier molecular flexibility index (Phi) is 14.3. The molecule has 0 radical (unpaired) electrons. The Balaban J connectivity index is 0. The second kappa shape index (κ2) is 10.9. The van der Waals surface area contributed by atoms with E-state index in [4.69, 9.17) is 5.11 Å². The van der Waals surface area contributed by atoms with E-state index in [2.05, 4.69) is 8.37 Å². The van der Waals surface area contributed by atoms with Gasteiger partial charge in [0, 0.05) is 6.61 Å². The molecule has 5 heteroatoms. The van der Waals surface area contributed by atoms with E-state index >= 15 is 0 Å². The molecule has 0 aromatic carbocycles. The Morgan fingerprint density at radius 3 is 1.67 bits per heavy atom. The van der Waals surface area contributed by atoms with E-state index < -0.39 is 11.4 Å². The highest BCUT2D eigenvalue weighted by Crippen LogP contribution is 1.76. The second-order valence-corrected chi connectivity index (χ2v) is 1.93. The number of aliphatic hydroxyl groups excluding tert-OH is 1. The Labute approximate surface area is 57.7 Å². The molecular formula is C4H12O4S. The van der Waals surface area contributed by atoms with E-state index in [0.29, 0.717) is 0 Å². The van der Waals surface area contributed by atoms with Crippen LogP contribution in [-0.2, 0) is 19.7 Å². The highest BCUT2D eigenvalue weighted by molar-refractivity contribution is 7.75. The molecule has 0 aliphatic carbocycles. The molecule has 0 unspecified atom stereocenters. The van der Waals surface area contributed by atoms with E-state index in [1.165, 1.54) is 14.2 Å². The highest BCUT2D eigenvalue weighted by Gasteiger charge is 1.84.